The lowest BCUT2D eigenvalue weighted by atomic mass is 10.0. The molecule has 1 aromatic heterocycles. The molecule has 2 fully saturated rings. The van der Waals surface area contributed by atoms with Gasteiger partial charge in [-0.2, -0.15) is 0 Å². The number of ether oxygens (including phenoxy) is 3. The fraction of sp³-hybridized carbons (Fsp3) is 0.684. The van der Waals surface area contributed by atoms with Crippen molar-refractivity contribution in [2.24, 2.45) is 0 Å². The molecule has 3 heterocycles. The number of nitrogens with one attached hydrogen (secondary N) is 1. The second-order valence-electron chi connectivity index (χ2n) is 7.21. The van der Waals surface area contributed by atoms with Crippen LogP contribution in [0.25, 0.3) is 0 Å². The van der Waals surface area contributed by atoms with Gasteiger partial charge in [0.05, 0.1) is 31.9 Å². The highest BCUT2D eigenvalue weighted by atomic mass is 32.1. The van der Waals surface area contributed by atoms with Gasteiger partial charge in [-0.15, -0.1) is 11.3 Å². The van der Waals surface area contributed by atoms with Crippen LogP contribution in [0, 0.1) is 0 Å². The van der Waals surface area contributed by atoms with Gasteiger partial charge in [-0.3, -0.25) is 9.69 Å². The SMILES string of the molecule is CCOC(=O)c1c(NC(=O)CN2CCC3(CC2)OCCO3)sc2c1CCC2. The number of carbonyl (C=O) groups is 2. The smallest absolute Gasteiger partial charge is 0.341 e. The van der Waals surface area contributed by atoms with Crippen LogP contribution in [0.15, 0.2) is 0 Å². The Bertz CT molecular complexity index is 716. The molecule has 1 N–H and O–H groups in total. The monoisotopic (exact) mass is 394 g/mol. The first-order valence-corrected chi connectivity index (χ1v) is 10.5. The molecule has 1 aromatic rings. The highest BCUT2D eigenvalue weighted by Gasteiger charge is 2.40. The largest absolute Gasteiger partial charge is 0.462 e. The first-order chi connectivity index (χ1) is 13.1. The van der Waals surface area contributed by atoms with Crippen molar-refractivity contribution in [3.8, 4) is 0 Å². The van der Waals surface area contributed by atoms with Crippen LogP contribution in [0.4, 0.5) is 5.00 Å². The van der Waals surface area contributed by atoms with Crippen molar-refractivity contribution in [1.82, 2.24) is 4.90 Å². The number of nitrogens with zero attached hydrogens (tertiary/aromatic N) is 1. The van der Waals surface area contributed by atoms with Gasteiger partial charge in [-0.1, -0.05) is 0 Å². The Morgan fingerprint density at radius 3 is 2.67 bits per heavy atom. The quantitative estimate of drug-likeness (QED) is 0.772. The van der Waals surface area contributed by atoms with Gasteiger partial charge < -0.3 is 19.5 Å². The van der Waals surface area contributed by atoms with Crippen LogP contribution in [0.5, 0.6) is 0 Å². The number of hydrogen-bond donors (Lipinski definition) is 1. The Morgan fingerprint density at radius 1 is 1.22 bits per heavy atom. The summed E-state index contributed by atoms with van der Waals surface area (Å²) < 4.78 is 16.7. The molecule has 0 saturated carbocycles. The summed E-state index contributed by atoms with van der Waals surface area (Å²) in [5.74, 6) is -0.856. The second kappa shape index (κ2) is 7.87. The minimum absolute atomic E-state index is 0.0929. The molecule has 0 aromatic carbocycles. The van der Waals surface area contributed by atoms with Gasteiger partial charge in [0.1, 0.15) is 5.00 Å². The summed E-state index contributed by atoms with van der Waals surface area (Å²) >= 11 is 1.52. The maximum absolute atomic E-state index is 12.6. The first kappa shape index (κ1) is 18.9. The molecule has 4 rings (SSSR count). The summed E-state index contributed by atoms with van der Waals surface area (Å²) in [6, 6.07) is 0. The maximum Gasteiger partial charge on any atom is 0.341 e. The number of anilines is 1. The van der Waals surface area contributed by atoms with Crippen molar-refractivity contribution in [3.05, 3.63) is 16.0 Å². The van der Waals surface area contributed by atoms with Crippen LogP contribution in [0.1, 0.15) is 47.0 Å². The first-order valence-electron chi connectivity index (χ1n) is 9.72. The minimum atomic E-state index is -0.432. The van der Waals surface area contributed by atoms with E-state index < -0.39 is 5.79 Å². The molecule has 148 valence electrons. The highest BCUT2D eigenvalue weighted by Crippen LogP contribution is 2.39. The predicted octanol–water partition coefficient (Wildman–Crippen LogP) is 2.19. The highest BCUT2D eigenvalue weighted by molar-refractivity contribution is 7.17. The van der Waals surface area contributed by atoms with E-state index in [1.165, 1.54) is 16.2 Å². The molecule has 2 aliphatic heterocycles. The number of rotatable bonds is 5. The van der Waals surface area contributed by atoms with Gasteiger partial charge in [0.25, 0.3) is 0 Å². The van der Waals surface area contributed by atoms with Crippen molar-refractivity contribution in [2.75, 3.05) is 44.8 Å². The lowest BCUT2D eigenvalue weighted by molar-refractivity contribution is -0.185. The average Bonchev–Trinajstić information content (AvgIpc) is 3.34. The number of carbonyl (C=O) groups excluding carboxylic acids is 2. The number of thiophene rings is 1. The molecule has 0 atom stereocenters. The van der Waals surface area contributed by atoms with E-state index in [1.807, 2.05) is 0 Å². The molecule has 3 aliphatic rings. The molecule has 0 unspecified atom stereocenters. The third-order valence-electron chi connectivity index (χ3n) is 5.45. The van der Waals surface area contributed by atoms with Gasteiger partial charge >= 0.3 is 5.97 Å². The van der Waals surface area contributed by atoms with E-state index >= 15 is 0 Å². The van der Waals surface area contributed by atoms with Crippen LogP contribution >= 0.6 is 11.3 Å². The Kier molecular flexibility index (Phi) is 5.50. The van der Waals surface area contributed by atoms with Gasteiger partial charge in [-0.25, -0.2) is 4.79 Å². The summed E-state index contributed by atoms with van der Waals surface area (Å²) in [6.07, 6.45) is 4.46. The standard InChI is InChI=1S/C19H26N2O5S/c1-2-24-18(23)16-13-4-3-5-14(13)27-17(16)20-15(22)12-21-8-6-19(7-9-21)25-10-11-26-19/h2-12H2,1H3,(H,20,22). The average molecular weight is 394 g/mol. The van der Waals surface area contributed by atoms with Gasteiger partial charge in [0.2, 0.25) is 5.91 Å². The Balaban J connectivity index is 1.38. The Morgan fingerprint density at radius 2 is 1.96 bits per heavy atom. The predicted molar refractivity (Wildman–Crippen MR) is 101 cm³/mol. The lowest BCUT2D eigenvalue weighted by Gasteiger charge is -2.37. The number of fused-ring (bicyclic) bond motifs is 1. The fourth-order valence-corrected chi connectivity index (χ4v) is 5.41. The van der Waals surface area contributed by atoms with Crippen LogP contribution in [0.3, 0.4) is 0 Å². The number of amides is 1. The third kappa shape index (κ3) is 3.89. The summed E-state index contributed by atoms with van der Waals surface area (Å²) in [7, 11) is 0. The van der Waals surface area contributed by atoms with Gasteiger partial charge in [0, 0.05) is 30.8 Å². The van der Waals surface area contributed by atoms with E-state index in [0.29, 0.717) is 36.9 Å². The van der Waals surface area contributed by atoms with Crippen molar-refractivity contribution in [2.45, 2.75) is 44.8 Å². The van der Waals surface area contributed by atoms with E-state index in [4.69, 9.17) is 14.2 Å². The molecule has 8 heteroatoms. The topological polar surface area (TPSA) is 77.1 Å². The number of likely N-dealkylation sites (tertiary alicyclic amines) is 1. The van der Waals surface area contributed by atoms with Crippen LogP contribution < -0.4 is 5.32 Å². The zero-order valence-electron chi connectivity index (χ0n) is 15.7. The molecular weight excluding hydrogens is 368 g/mol. The van der Waals surface area contributed by atoms with E-state index in [9.17, 15) is 9.59 Å². The molecule has 1 amide bonds. The van der Waals surface area contributed by atoms with Gasteiger partial charge in [0.15, 0.2) is 5.79 Å². The van der Waals surface area contributed by atoms with E-state index in [1.54, 1.807) is 6.92 Å². The summed E-state index contributed by atoms with van der Waals surface area (Å²) in [4.78, 5) is 28.3. The lowest BCUT2D eigenvalue weighted by Crippen LogP contribution is -2.47. The molecule has 1 spiro atoms. The van der Waals surface area contributed by atoms with E-state index in [-0.39, 0.29) is 11.9 Å². The van der Waals surface area contributed by atoms with Crippen molar-refractivity contribution in [3.63, 3.8) is 0 Å². The Labute approximate surface area is 163 Å². The van der Waals surface area contributed by atoms with E-state index in [0.717, 1.165) is 50.8 Å². The zero-order chi connectivity index (χ0) is 18.9. The normalized spacial score (nSPS) is 21.4. The second-order valence-corrected chi connectivity index (χ2v) is 8.32. The van der Waals surface area contributed by atoms with Crippen LogP contribution in [-0.4, -0.2) is 62.0 Å². The van der Waals surface area contributed by atoms with Crippen molar-refractivity contribution in [1.29, 1.82) is 0 Å². The molecule has 7 nitrogen and oxygen atoms in total. The number of aryl methyl sites for hydroxylation is 1. The number of piperidine rings is 1. The van der Waals surface area contributed by atoms with Crippen molar-refractivity contribution >= 4 is 28.2 Å². The third-order valence-corrected chi connectivity index (χ3v) is 6.66. The summed E-state index contributed by atoms with van der Waals surface area (Å²) in [6.45, 7) is 5.26. The Hall–Kier alpha value is -1.48. The maximum atomic E-state index is 12.6. The van der Waals surface area contributed by atoms with Gasteiger partial charge in [-0.05, 0) is 31.7 Å². The molecule has 0 bridgehead atoms. The van der Waals surface area contributed by atoms with E-state index in [2.05, 4.69) is 10.2 Å². The summed E-state index contributed by atoms with van der Waals surface area (Å²) in [5, 5.41) is 3.60. The molecule has 1 aliphatic carbocycles. The molecule has 2 saturated heterocycles. The van der Waals surface area contributed by atoms with Crippen LogP contribution in [-0.2, 0) is 31.8 Å². The molecule has 0 radical (unpaired) electrons. The number of hydrogen-bond acceptors (Lipinski definition) is 7. The number of esters is 1. The van der Waals surface area contributed by atoms with Crippen molar-refractivity contribution < 1.29 is 23.8 Å². The minimum Gasteiger partial charge on any atom is -0.462 e. The molecule has 27 heavy (non-hydrogen) atoms. The fourth-order valence-electron chi connectivity index (χ4n) is 4.12. The van der Waals surface area contributed by atoms with Crippen LogP contribution in [0.2, 0.25) is 0 Å². The molecular formula is C19H26N2O5S. The zero-order valence-corrected chi connectivity index (χ0v) is 16.5. The summed E-state index contributed by atoms with van der Waals surface area (Å²) in [5.41, 5.74) is 1.62.